The summed E-state index contributed by atoms with van der Waals surface area (Å²) in [6.07, 6.45) is 2.39. The zero-order valence-electron chi connectivity index (χ0n) is 9.67. The molecule has 2 heterocycles. The van der Waals surface area contributed by atoms with Crippen molar-refractivity contribution < 1.29 is 9.47 Å². The fraction of sp³-hybridized carbons (Fsp3) is 0.538. The van der Waals surface area contributed by atoms with Crippen LogP contribution in [0.2, 0.25) is 5.02 Å². The molecule has 0 aromatic heterocycles. The van der Waals surface area contributed by atoms with Crippen LogP contribution in [0.25, 0.3) is 0 Å². The van der Waals surface area contributed by atoms with E-state index in [0.717, 1.165) is 29.6 Å². The zero-order valence-corrected chi connectivity index (χ0v) is 10.4. The van der Waals surface area contributed by atoms with E-state index in [1.165, 1.54) is 18.4 Å². The van der Waals surface area contributed by atoms with Gasteiger partial charge < -0.3 is 14.8 Å². The van der Waals surface area contributed by atoms with Crippen LogP contribution in [0.5, 0.6) is 11.5 Å². The molecule has 0 spiro atoms. The summed E-state index contributed by atoms with van der Waals surface area (Å²) in [5, 5.41) is 4.20. The first-order valence-corrected chi connectivity index (χ1v) is 6.52. The molecule has 1 atom stereocenters. The molecule has 1 fully saturated rings. The van der Waals surface area contributed by atoms with Crippen molar-refractivity contribution in [3.8, 4) is 11.5 Å². The first-order valence-electron chi connectivity index (χ1n) is 6.14. The summed E-state index contributed by atoms with van der Waals surface area (Å²) in [6.45, 7) is 3.34. The highest BCUT2D eigenvalue weighted by molar-refractivity contribution is 6.31. The van der Waals surface area contributed by atoms with Crippen molar-refractivity contribution in [3.05, 3.63) is 22.7 Å². The van der Waals surface area contributed by atoms with Crippen LogP contribution in [-0.4, -0.2) is 26.3 Å². The van der Waals surface area contributed by atoms with E-state index in [1.54, 1.807) is 0 Å². The van der Waals surface area contributed by atoms with Gasteiger partial charge in [-0.15, -0.1) is 0 Å². The Kier molecular flexibility index (Phi) is 3.12. The molecule has 1 saturated heterocycles. The molecule has 1 N–H and O–H groups in total. The van der Waals surface area contributed by atoms with Crippen molar-refractivity contribution in [2.45, 2.75) is 18.8 Å². The minimum atomic E-state index is 0.493. The van der Waals surface area contributed by atoms with Gasteiger partial charge in [-0.1, -0.05) is 11.6 Å². The van der Waals surface area contributed by atoms with Crippen molar-refractivity contribution in [1.29, 1.82) is 0 Å². The number of hydrogen-bond donors (Lipinski definition) is 1. The summed E-state index contributed by atoms with van der Waals surface area (Å²) < 4.78 is 11.1. The summed E-state index contributed by atoms with van der Waals surface area (Å²) in [5.41, 5.74) is 1.18. The maximum atomic E-state index is 6.33. The second kappa shape index (κ2) is 4.75. The van der Waals surface area contributed by atoms with E-state index < -0.39 is 0 Å². The normalized spacial score (nSPS) is 23.5. The van der Waals surface area contributed by atoms with Gasteiger partial charge in [0.1, 0.15) is 13.2 Å². The fourth-order valence-corrected chi connectivity index (χ4v) is 2.82. The molecule has 1 aromatic rings. The van der Waals surface area contributed by atoms with Gasteiger partial charge in [0.25, 0.3) is 0 Å². The van der Waals surface area contributed by atoms with Crippen molar-refractivity contribution in [3.63, 3.8) is 0 Å². The SMILES string of the molecule is Clc1cc2c(cc1C1CCCNC1)OCCO2. The highest BCUT2D eigenvalue weighted by atomic mass is 35.5. The van der Waals surface area contributed by atoms with Crippen LogP contribution in [0.15, 0.2) is 12.1 Å². The lowest BCUT2D eigenvalue weighted by atomic mass is 9.91. The van der Waals surface area contributed by atoms with Crippen LogP contribution in [0.1, 0.15) is 24.3 Å². The molecule has 0 bridgehead atoms. The molecule has 0 saturated carbocycles. The summed E-state index contributed by atoms with van der Waals surface area (Å²) in [7, 11) is 0. The molecule has 17 heavy (non-hydrogen) atoms. The molecule has 92 valence electrons. The lowest BCUT2D eigenvalue weighted by Crippen LogP contribution is -2.28. The number of fused-ring (bicyclic) bond motifs is 1. The number of benzene rings is 1. The van der Waals surface area contributed by atoms with Gasteiger partial charge in [0, 0.05) is 17.6 Å². The second-order valence-electron chi connectivity index (χ2n) is 4.56. The van der Waals surface area contributed by atoms with E-state index in [4.69, 9.17) is 21.1 Å². The Hall–Kier alpha value is -0.930. The minimum absolute atomic E-state index is 0.493. The van der Waals surface area contributed by atoms with E-state index in [2.05, 4.69) is 11.4 Å². The smallest absolute Gasteiger partial charge is 0.162 e. The lowest BCUT2D eigenvalue weighted by molar-refractivity contribution is 0.171. The van der Waals surface area contributed by atoms with Gasteiger partial charge in [0.15, 0.2) is 11.5 Å². The molecule has 1 unspecified atom stereocenters. The highest BCUT2D eigenvalue weighted by Gasteiger charge is 2.21. The number of rotatable bonds is 1. The number of halogens is 1. The molecular weight excluding hydrogens is 238 g/mol. The third-order valence-corrected chi connectivity index (χ3v) is 3.73. The standard InChI is InChI=1S/C13H16ClNO2/c14-11-7-13-12(16-4-5-17-13)6-10(11)9-2-1-3-15-8-9/h6-7,9,15H,1-5,8H2. The van der Waals surface area contributed by atoms with Gasteiger partial charge >= 0.3 is 0 Å². The average molecular weight is 254 g/mol. The molecule has 0 aliphatic carbocycles. The summed E-state index contributed by atoms with van der Waals surface area (Å²) >= 11 is 6.33. The van der Waals surface area contributed by atoms with Crippen LogP contribution < -0.4 is 14.8 Å². The molecule has 4 heteroatoms. The fourth-order valence-electron chi connectivity index (χ4n) is 2.51. The zero-order chi connectivity index (χ0) is 11.7. The van der Waals surface area contributed by atoms with Crippen molar-refractivity contribution >= 4 is 11.6 Å². The minimum Gasteiger partial charge on any atom is -0.486 e. The van der Waals surface area contributed by atoms with Gasteiger partial charge in [-0.25, -0.2) is 0 Å². The number of ether oxygens (including phenoxy) is 2. The molecule has 2 aliphatic rings. The summed E-state index contributed by atoms with van der Waals surface area (Å²) in [5.74, 6) is 2.10. The molecule has 3 rings (SSSR count). The van der Waals surface area contributed by atoms with Crippen LogP contribution in [0, 0.1) is 0 Å². The predicted molar refractivity (Wildman–Crippen MR) is 67.3 cm³/mol. The Bertz CT molecular complexity index is 416. The van der Waals surface area contributed by atoms with Crippen LogP contribution in [-0.2, 0) is 0 Å². The highest BCUT2D eigenvalue weighted by Crippen LogP contribution is 2.39. The summed E-state index contributed by atoms with van der Waals surface area (Å²) in [6, 6.07) is 3.94. The Morgan fingerprint density at radius 3 is 2.65 bits per heavy atom. The van der Waals surface area contributed by atoms with Crippen LogP contribution in [0.3, 0.4) is 0 Å². The van der Waals surface area contributed by atoms with Gasteiger partial charge in [-0.05, 0) is 36.9 Å². The Labute approximate surface area is 106 Å². The molecule has 0 radical (unpaired) electrons. The third-order valence-electron chi connectivity index (χ3n) is 3.40. The van der Waals surface area contributed by atoms with Crippen LogP contribution in [0.4, 0.5) is 0 Å². The average Bonchev–Trinajstić information content (AvgIpc) is 2.39. The monoisotopic (exact) mass is 253 g/mol. The van der Waals surface area contributed by atoms with Crippen molar-refractivity contribution in [2.24, 2.45) is 0 Å². The lowest BCUT2D eigenvalue weighted by Gasteiger charge is -2.26. The Morgan fingerprint density at radius 1 is 1.18 bits per heavy atom. The van der Waals surface area contributed by atoms with Gasteiger partial charge in [-0.2, -0.15) is 0 Å². The first kappa shape index (κ1) is 11.2. The third kappa shape index (κ3) is 2.22. The molecular formula is C13H16ClNO2. The van der Waals surface area contributed by atoms with Gasteiger partial charge in [-0.3, -0.25) is 0 Å². The van der Waals surface area contributed by atoms with E-state index in [9.17, 15) is 0 Å². The van der Waals surface area contributed by atoms with Crippen molar-refractivity contribution in [1.82, 2.24) is 5.32 Å². The predicted octanol–water partition coefficient (Wildman–Crippen LogP) is 2.58. The summed E-state index contributed by atoms with van der Waals surface area (Å²) in [4.78, 5) is 0. The molecule has 0 amide bonds. The number of hydrogen-bond acceptors (Lipinski definition) is 3. The van der Waals surface area contributed by atoms with E-state index in [1.807, 2.05) is 6.07 Å². The van der Waals surface area contributed by atoms with Gasteiger partial charge in [0.2, 0.25) is 0 Å². The molecule has 2 aliphatic heterocycles. The Balaban J connectivity index is 1.93. The largest absolute Gasteiger partial charge is 0.486 e. The molecule has 3 nitrogen and oxygen atoms in total. The van der Waals surface area contributed by atoms with E-state index in [0.29, 0.717) is 19.1 Å². The first-order chi connectivity index (χ1) is 8.34. The quantitative estimate of drug-likeness (QED) is 0.835. The second-order valence-corrected chi connectivity index (χ2v) is 4.97. The van der Waals surface area contributed by atoms with Gasteiger partial charge in [0.05, 0.1) is 0 Å². The van der Waals surface area contributed by atoms with Crippen LogP contribution >= 0.6 is 11.6 Å². The van der Waals surface area contributed by atoms with E-state index >= 15 is 0 Å². The Morgan fingerprint density at radius 2 is 1.94 bits per heavy atom. The number of piperidine rings is 1. The topological polar surface area (TPSA) is 30.5 Å². The maximum Gasteiger partial charge on any atom is 0.162 e. The van der Waals surface area contributed by atoms with Crippen molar-refractivity contribution in [2.75, 3.05) is 26.3 Å². The van der Waals surface area contributed by atoms with E-state index in [-0.39, 0.29) is 0 Å². The maximum absolute atomic E-state index is 6.33. The molecule has 1 aromatic carbocycles. The number of nitrogens with one attached hydrogen (secondary N) is 1.